The number of aromatic nitrogens is 6. The first-order valence-corrected chi connectivity index (χ1v) is 13.4. The number of likely N-dealkylation sites (tertiary alicyclic amines) is 1. The topological polar surface area (TPSA) is 81.2 Å². The van der Waals surface area contributed by atoms with E-state index in [4.69, 9.17) is 10.1 Å². The number of hydrogen-bond acceptors (Lipinski definition) is 6. The smallest absolute Gasteiger partial charge is 0.168 e. The van der Waals surface area contributed by atoms with Gasteiger partial charge in [-0.3, -0.25) is 9.78 Å². The third kappa shape index (κ3) is 5.22. The van der Waals surface area contributed by atoms with Gasteiger partial charge in [-0.15, -0.1) is 0 Å². The normalized spacial score (nSPS) is 14.7. The Morgan fingerprint density at radius 1 is 1.03 bits per heavy atom. The van der Waals surface area contributed by atoms with Crippen molar-refractivity contribution < 1.29 is 9.18 Å². The molecule has 0 bridgehead atoms. The Labute approximate surface area is 226 Å². The van der Waals surface area contributed by atoms with Gasteiger partial charge in [0.25, 0.3) is 0 Å². The molecule has 6 rings (SSSR count). The van der Waals surface area contributed by atoms with Crippen molar-refractivity contribution in [2.45, 2.75) is 38.6 Å². The molecule has 0 N–H and O–H groups in total. The van der Waals surface area contributed by atoms with Gasteiger partial charge in [-0.2, -0.15) is 5.10 Å². The monoisotopic (exact) mass is 523 g/mol. The van der Waals surface area contributed by atoms with Crippen LogP contribution in [-0.2, 0) is 6.42 Å². The van der Waals surface area contributed by atoms with E-state index in [-0.39, 0.29) is 18.0 Å². The van der Waals surface area contributed by atoms with Crippen LogP contribution in [0.15, 0.2) is 73.4 Å². The summed E-state index contributed by atoms with van der Waals surface area (Å²) in [6.45, 7) is 5.43. The molecular weight excluding hydrogens is 493 g/mol. The number of hydrogen-bond donors (Lipinski definition) is 0. The molecule has 1 saturated heterocycles. The summed E-state index contributed by atoms with van der Waals surface area (Å²) >= 11 is 0. The van der Waals surface area contributed by atoms with Crippen molar-refractivity contribution in [3.05, 3.63) is 90.5 Å². The molecule has 1 aliphatic rings. The Morgan fingerprint density at radius 2 is 1.79 bits per heavy atom. The second-order valence-corrected chi connectivity index (χ2v) is 10.0. The van der Waals surface area contributed by atoms with Gasteiger partial charge in [0.1, 0.15) is 11.5 Å². The van der Waals surface area contributed by atoms with Gasteiger partial charge < -0.3 is 9.47 Å². The van der Waals surface area contributed by atoms with Crippen LogP contribution in [0.5, 0.6) is 0 Å². The summed E-state index contributed by atoms with van der Waals surface area (Å²) in [4.78, 5) is 28.6. The Bertz CT molecular complexity index is 1590. The number of piperidine rings is 1. The van der Waals surface area contributed by atoms with E-state index in [1.54, 1.807) is 47.4 Å². The number of carbonyl (C=O) groups is 1. The second-order valence-electron chi connectivity index (χ2n) is 10.0. The first-order chi connectivity index (χ1) is 19.1. The molecule has 9 heteroatoms. The minimum Gasteiger partial charge on any atom is -0.326 e. The van der Waals surface area contributed by atoms with Crippen LogP contribution in [-0.4, -0.2) is 59.5 Å². The number of rotatable bonds is 8. The number of halogens is 1. The maximum atomic E-state index is 13.7. The Balaban J connectivity index is 1.35. The van der Waals surface area contributed by atoms with Crippen LogP contribution in [0.4, 0.5) is 4.39 Å². The first-order valence-electron chi connectivity index (χ1n) is 13.4. The number of ketones is 1. The summed E-state index contributed by atoms with van der Waals surface area (Å²) in [5, 5.41) is 4.91. The van der Waals surface area contributed by atoms with Crippen LogP contribution in [0.1, 0.15) is 48.3 Å². The van der Waals surface area contributed by atoms with Gasteiger partial charge in [-0.05, 0) is 74.3 Å². The third-order valence-corrected chi connectivity index (χ3v) is 7.36. The van der Waals surface area contributed by atoms with E-state index < -0.39 is 0 Å². The number of fused-ring (bicyclic) bond motifs is 1. The molecule has 0 unspecified atom stereocenters. The van der Waals surface area contributed by atoms with Gasteiger partial charge in [-0.25, -0.2) is 18.9 Å². The largest absolute Gasteiger partial charge is 0.326 e. The van der Waals surface area contributed by atoms with Gasteiger partial charge >= 0.3 is 0 Å². The van der Waals surface area contributed by atoms with Gasteiger partial charge in [-0.1, -0.05) is 6.92 Å². The van der Waals surface area contributed by atoms with E-state index in [1.165, 1.54) is 12.1 Å². The van der Waals surface area contributed by atoms with Crippen LogP contribution in [0.2, 0.25) is 0 Å². The Morgan fingerprint density at radius 3 is 2.54 bits per heavy atom. The van der Waals surface area contributed by atoms with Crippen molar-refractivity contribution >= 4 is 11.4 Å². The zero-order chi connectivity index (χ0) is 26.8. The van der Waals surface area contributed by atoms with E-state index in [2.05, 4.69) is 26.4 Å². The van der Waals surface area contributed by atoms with E-state index in [9.17, 15) is 9.18 Å². The van der Waals surface area contributed by atoms with Crippen molar-refractivity contribution in [1.29, 1.82) is 0 Å². The summed E-state index contributed by atoms with van der Waals surface area (Å²) in [5.74, 6) is -0.304. The summed E-state index contributed by atoms with van der Waals surface area (Å²) in [5.41, 5.74) is 5.18. The van der Waals surface area contributed by atoms with E-state index >= 15 is 0 Å². The predicted molar refractivity (Wildman–Crippen MR) is 147 cm³/mol. The van der Waals surface area contributed by atoms with Crippen LogP contribution >= 0.6 is 0 Å². The van der Waals surface area contributed by atoms with Crippen LogP contribution in [0, 0.1) is 5.82 Å². The zero-order valence-corrected chi connectivity index (χ0v) is 21.9. The summed E-state index contributed by atoms with van der Waals surface area (Å²) in [6.07, 6.45) is 10.3. The fraction of sp³-hybridized carbons (Fsp3) is 0.300. The molecule has 5 aromatic rings. The number of benzene rings is 1. The molecule has 0 saturated carbocycles. The fourth-order valence-corrected chi connectivity index (χ4v) is 5.39. The summed E-state index contributed by atoms with van der Waals surface area (Å²) in [6, 6.07) is 14.0. The average molecular weight is 524 g/mol. The molecule has 0 spiro atoms. The van der Waals surface area contributed by atoms with Gasteiger partial charge in [0.15, 0.2) is 11.4 Å². The van der Waals surface area contributed by atoms with Crippen molar-refractivity contribution in [1.82, 2.24) is 34.0 Å². The number of imidazole rings is 2. The molecule has 0 amide bonds. The average Bonchev–Trinajstić information content (AvgIpc) is 3.58. The number of carbonyl (C=O) groups excluding carboxylic acids is 1. The number of pyridine rings is 1. The highest BCUT2D eigenvalue weighted by Crippen LogP contribution is 2.35. The van der Waals surface area contributed by atoms with Crippen molar-refractivity contribution in [2.75, 3.05) is 19.6 Å². The zero-order valence-electron chi connectivity index (χ0n) is 21.9. The van der Waals surface area contributed by atoms with Crippen molar-refractivity contribution in [3.8, 4) is 22.6 Å². The first kappa shape index (κ1) is 25.1. The van der Waals surface area contributed by atoms with Gasteiger partial charge in [0.2, 0.25) is 0 Å². The quantitative estimate of drug-likeness (QED) is 0.258. The number of Topliss-reactive ketones (excluding diaryl/α,β-unsaturated/α-hetero) is 1. The molecule has 0 aliphatic carbocycles. The highest BCUT2D eigenvalue weighted by atomic mass is 19.1. The van der Waals surface area contributed by atoms with Crippen LogP contribution < -0.4 is 0 Å². The molecule has 0 atom stereocenters. The van der Waals surface area contributed by atoms with E-state index in [1.807, 2.05) is 18.5 Å². The van der Waals surface area contributed by atoms with E-state index in [0.29, 0.717) is 22.9 Å². The molecule has 39 heavy (non-hydrogen) atoms. The lowest BCUT2D eigenvalue weighted by Gasteiger charge is -2.33. The second kappa shape index (κ2) is 10.9. The minimum atomic E-state index is -0.283. The lowest BCUT2D eigenvalue weighted by atomic mass is 10.0. The summed E-state index contributed by atoms with van der Waals surface area (Å²) in [7, 11) is 0. The van der Waals surface area contributed by atoms with Crippen molar-refractivity contribution in [2.24, 2.45) is 0 Å². The van der Waals surface area contributed by atoms with Gasteiger partial charge in [0, 0.05) is 42.7 Å². The molecule has 4 aromatic heterocycles. The Hall–Kier alpha value is -4.24. The predicted octanol–water partition coefficient (Wildman–Crippen LogP) is 5.27. The molecule has 198 valence electrons. The van der Waals surface area contributed by atoms with Crippen molar-refractivity contribution in [3.63, 3.8) is 0 Å². The molecule has 1 fully saturated rings. The molecular formula is C30H30FN7O. The maximum Gasteiger partial charge on any atom is 0.168 e. The lowest BCUT2D eigenvalue weighted by molar-refractivity contribution is 0.0992. The standard InChI is InChI=1S/C30H30FN7O/c1-2-15-36-16-11-25(12-17-36)37-20-33-29(22-3-5-23(31)6-4-22)30(37)26-7-8-28-34-24(19-38(28)35-26)18-27(39)21-9-13-32-14-10-21/h3-10,13-14,19-20,25H,2,11-12,15-18H2,1H3. The van der Waals surface area contributed by atoms with Gasteiger partial charge in [0.05, 0.1) is 36.0 Å². The Kier molecular flexibility index (Phi) is 6.98. The molecule has 1 aromatic carbocycles. The maximum absolute atomic E-state index is 13.7. The van der Waals surface area contributed by atoms with Crippen LogP contribution in [0.25, 0.3) is 28.3 Å². The highest BCUT2D eigenvalue weighted by molar-refractivity contribution is 5.97. The highest BCUT2D eigenvalue weighted by Gasteiger charge is 2.26. The molecule has 5 heterocycles. The molecule has 0 radical (unpaired) electrons. The molecule has 1 aliphatic heterocycles. The number of nitrogens with zero attached hydrogens (tertiary/aromatic N) is 7. The molecule has 8 nitrogen and oxygen atoms in total. The SMILES string of the molecule is CCCN1CCC(n2cnc(-c3ccc(F)cc3)c2-c2ccc3nc(CC(=O)c4ccncc4)cn3n2)CC1. The fourth-order valence-electron chi connectivity index (χ4n) is 5.39. The third-order valence-electron chi connectivity index (χ3n) is 7.36. The lowest BCUT2D eigenvalue weighted by Crippen LogP contribution is -2.35. The minimum absolute atomic E-state index is 0.0212. The van der Waals surface area contributed by atoms with E-state index in [0.717, 1.165) is 61.5 Å². The van der Waals surface area contributed by atoms with Crippen LogP contribution in [0.3, 0.4) is 0 Å². The summed E-state index contributed by atoms with van der Waals surface area (Å²) < 4.78 is 17.7.